The number of rotatable bonds is 6. The van der Waals surface area contributed by atoms with Crippen LogP contribution in [0.1, 0.15) is 46.1 Å². The zero-order valence-corrected chi connectivity index (χ0v) is 13.7. The van der Waals surface area contributed by atoms with Crippen molar-refractivity contribution in [1.29, 1.82) is 0 Å². The zero-order chi connectivity index (χ0) is 15.1. The van der Waals surface area contributed by atoms with Crippen LogP contribution in [-0.4, -0.2) is 24.8 Å². The quantitative estimate of drug-likeness (QED) is 0.868. The van der Waals surface area contributed by atoms with Gasteiger partial charge in [-0.2, -0.15) is 0 Å². The third kappa shape index (κ3) is 3.70. The van der Waals surface area contributed by atoms with Gasteiger partial charge in [0.15, 0.2) is 11.5 Å². The number of ether oxygens (including phenoxy) is 2. The predicted octanol–water partition coefficient (Wildman–Crippen LogP) is 3.56. The van der Waals surface area contributed by atoms with Gasteiger partial charge >= 0.3 is 0 Å². The highest BCUT2D eigenvalue weighted by atomic mass is 16.5. The molecule has 3 rings (SSSR count). The van der Waals surface area contributed by atoms with Crippen molar-refractivity contribution < 1.29 is 9.47 Å². The van der Waals surface area contributed by atoms with E-state index in [1.165, 1.54) is 18.4 Å². The summed E-state index contributed by atoms with van der Waals surface area (Å²) >= 11 is 0. The van der Waals surface area contributed by atoms with Crippen LogP contribution < -0.4 is 14.8 Å². The molecule has 1 saturated carbocycles. The molecule has 116 valence electrons. The van der Waals surface area contributed by atoms with Gasteiger partial charge in [-0.1, -0.05) is 26.0 Å². The molecule has 0 unspecified atom stereocenters. The Bertz CT molecular complexity index is 518. The lowest BCUT2D eigenvalue weighted by Crippen LogP contribution is -2.35. The van der Waals surface area contributed by atoms with E-state index in [2.05, 4.69) is 45.1 Å². The van der Waals surface area contributed by atoms with E-state index in [1.54, 1.807) is 0 Å². The van der Waals surface area contributed by atoms with Crippen LogP contribution in [0, 0.1) is 5.41 Å². The lowest BCUT2D eigenvalue weighted by Gasteiger charge is -2.26. The normalized spacial score (nSPS) is 20.0. The van der Waals surface area contributed by atoms with E-state index in [1.807, 2.05) is 6.07 Å². The van der Waals surface area contributed by atoms with Gasteiger partial charge in [0.05, 0.1) is 6.61 Å². The predicted molar refractivity (Wildman–Crippen MR) is 85.2 cm³/mol. The Hall–Kier alpha value is -1.22. The van der Waals surface area contributed by atoms with Crippen molar-refractivity contribution in [2.24, 2.45) is 5.41 Å². The Morgan fingerprint density at radius 3 is 2.81 bits per heavy atom. The Balaban J connectivity index is 1.62. The van der Waals surface area contributed by atoms with Gasteiger partial charge in [0, 0.05) is 30.0 Å². The van der Waals surface area contributed by atoms with E-state index in [0.29, 0.717) is 6.61 Å². The molecule has 0 spiro atoms. The molecule has 0 radical (unpaired) electrons. The fourth-order valence-corrected chi connectivity index (χ4v) is 2.73. The van der Waals surface area contributed by atoms with E-state index >= 15 is 0 Å². The van der Waals surface area contributed by atoms with Crippen molar-refractivity contribution in [3.05, 3.63) is 23.8 Å². The van der Waals surface area contributed by atoms with E-state index in [-0.39, 0.29) is 11.0 Å². The molecule has 0 atom stereocenters. The molecule has 0 bridgehead atoms. The Morgan fingerprint density at radius 1 is 1.33 bits per heavy atom. The summed E-state index contributed by atoms with van der Waals surface area (Å²) in [5, 5.41) is 3.59. The van der Waals surface area contributed by atoms with Crippen LogP contribution in [0.15, 0.2) is 18.2 Å². The van der Waals surface area contributed by atoms with Crippen molar-refractivity contribution in [3.63, 3.8) is 0 Å². The summed E-state index contributed by atoms with van der Waals surface area (Å²) in [7, 11) is 0. The van der Waals surface area contributed by atoms with E-state index in [4.69, 9.17) is 9.47 Å². The Labute approximate surface area is 128 Å². The summed E-state index contributed by atoms with van der Waals surface area (Å²) < 4.78 is 12.2. The van der Waals surface area contributed by atoms with Crippen LogP contribution in [0.4, 0.5) is 0 Å². The summed E-state index contributed by atoms with van der Waals surface area (Å²) in [5.41, 5.74) is 1.26. The molecule has 0 aromatic heterocycles. The Kier molecular flexibility index (Phi) is 3.64. The minimum Gasteiger partial charge on any atom is -0.489 e. The van der Waals surface area contributed by atoms with Crippen LogP contribution in [0.5, 0.6) is 11.5 Å². The van der Waals surface area contributed by atoms with Gasteiger partial charge in [-0.15, -0.1) is 0 Å². The summed E-state index contributed by atoms with van der Waals surface area (Å²) in [6.45, 7) is 10.4. The number of benzene rings is 1. The monoisotopic (exact) mass is 289 g/mol. The molecule has 1 aliphatic heterocycles. The summed E-state index contributed by atoms with van der Waals surface area (Å²) in [6.07, 6.45) is 3.60. The number of fused-ring (bicyclic) bond motifs is 1. The zero-order valence-electron chi connectivity index (χ0n) is 13.7. The second-order valence-electron chi connectivity index (χ2n) is 7.89. The molecule has 1 N–H and O–H groups in total. The van der Waals surface area contributed by atoms with Gasteiger partial charge in [0.1, 0.15) is 5.60 Å². The molecule has 2 aliphatic rings. The van der Waals surface area contributed by atoms with E-state index < -0.39 is 0 Å². The van der Waals surface area contributed by atoms with Gasteiger partial charge < -0.3 is 14.8 Å². The molecule has 3 heteroatoms. The smallest absolute Gasteiger partial charge is 0.165 e. The van der Waals surface area contributed by atoms with Gasteiger partial charge in [0.25, 0.3) is 0 Å². The SMILES string of the molecule is CC(C)(CNC1CC1)COc1cccc2c1OC(C)(C)C2. The molecule has 1 aromatic rings. The highest BCUT2D eigenvalue weighted by Crippen LogP contribution is 2.42. The summed E-state index contributed by atoms with van der Waals surface area (Å²) in [5.74, 6) is 1.83. The highest BCUT2D eigenvalue weighted by molar-refractivity contribution is 5.50. The van der Waals surface area contributed by atoms with Crippen LogP contribution in [-0.2, 0) is 6.42 Å². The topological polar surface area (TPSA) is 30.5 Å². The van der Waals surface area contributed by atoms with Crippen molar-refractivity contribution in [1.82, 2.24) is 5.32 Å². The van der Waals surface area contributed by atoms with E-state index in [0.717, 1.165) is 30.5 Å². The maximum atomic E-state index is 6.09. The minimum absolute atomic E-state index is 0.120. The van der Waals surface area contributed by atoms with Crippen LogP contribution in [0.25, 0.3) is 0 Å². The number of hydrogen-bond acceptors (Lipinski definition) is 3. The molecule has 1 heterocycles. The van der Waals surface area contributed by atoms with Crippen LogP contribution >= 0.6 is 0 Å². The fourth-order valence-electron chi connectivity index (χ4n) is 2.73. The minimum atomic E-state index is -0.120. The first-order chi connectivity index (χ1) is 9.85. The van der Waals surface area contributed by atoms with Gasteiger partial charge in [0.2, 0.25) is 0 Å². The average molecular weight is 289 g/mol. The van der Waals surface area contributed by atoms with Gasteiger partial charge in [-0.25, -0.2) is 0 Å². The first-order valence-corrected chi connectivity index (χ1v) is 8.02. The molecule has 0 saturated heterocycles. The summed E-state index contributed by atoms with van der Waals surface area (Å²) in [6, 6.07) is 6.96. The molecule has 1 aromatic carbocycles. The first-order valence-electron chi connectivity index (χ1n) is 8.02. The molecule has 1 aliphatic carbocycles. The van der Waals surface area contributed by atoms with Crippen LogP contribution in [0.3, 0.4) is 0 Å². The maximum Gasteiger partial charge on any atom is 0.165 e. The standard InChI is InChI=1S/C18H27NO2/c1-17(2,11-19-14-8-9-14)12-20-15-7-5-6-13-10-18(3,4)21-16(13)15/h5-7,14,19H,8-12H2,1-4H3. The maximum absolute atomic E-state index is 6.09. The largest absolute Gasteiger partial charge is 0.489 e. The Morgan fingerprint density at radius 2 is 2.10 bits per heavy atom. The number of hydrogen-bond donors (Lipinski definition) is 1. The molecule has 3 nitrogen and oxygen atoms in total. The van der Waals surface area contributed by atoms with E-state index in [9.17, 15) is 0 Å². The van der Waals surface area contributed by atoms with Gasteiger partial charge in [-0.05, 0) is 32.8 Å². The van der Waals surface area contributed by atoms with Crippen molar-refractivity contribution >= 4 is 0 Å². The molecule has 0 amide bonds. The van der Waals surface area contributed by atoms with Crippen molar-refractivity contribution in [3.8, 4) is 11.5 Å². The second-order valence-corrected chi connectivity index (χ2v) is 7.89. The second kappa shape index (κ2) is 5.20. The third-order valence-electron chi connectivity index (χ3n) is 4.12. The molecular weight excluding hydrogens is 262 g/mol. The third-order valence-corrected chi connectivity index (χ3v) is 4.12. The molecular formula is C18H27NO2. The van der Waals surface area contributed by atoms with Gasteiger partial charge in [-0.3, -0.25) is 0 Å². The number of nitrogens with one attached hydrogen (secondary N) is 1. The molecule has 21 heavy (non-hydrogen) atoms. The fraction of sp³-hybridized carbons (Fsp3) is 0.667. The van der Waals surface area contributed by atoms with Crippen molar-refractivity contribution in [2.75, 3.05) is 13.2 Å². The number of para-hydroxylation sites is 1. The molecule has 1 fully saturated rings. The lowest BCUT2D eigenvalue weighted by molar-refractivity contribution is 0.124. The average Bonchev–Trinajstić information content (AvgIpc) is 3.15. The lowest BCUT2D eigenvalue weighted by atomic mass is 9.95. The van der Waals surface area contributed by atoms with Crippen molar-refractivity contribution in [2.45, 2.75) is 58.6 Å². The summed E-state index contributed by atoms with van der Waals surface area (Å²) in [4.78, 5) is 0. The first kappa shape index (κ1) is 14.7. The highest BCUT2D eigenvalue weighted by Gasteiger charge is 2.33. The van der Waals surface area contributed by atoms with Crippen LogP contribution in [0.2, 0.25) is 0 Å².